The van der Waals surface area contributed by atoms with Crippen LogP contribution in [0.2, 0.25) is 0 Å². The first kappa shape index (κ1) is 13.4. The van der Waals surface area contributed by atoms with Gasteiger partial charge in [0.2, 0.25) is 5.91 Å². The van der Waals surface area contributed by atoms with E-state index in [9.17, 15) is 4.79 Å². The molecule has 0 spiro atoms. The van der Waals surface area contributed by atoms with E-state index >= 15 is 0 Å². The molecule has 1 saturated heterocycles. The third-order valence-corrected chi connectivity index (χ3v) is 2.90. The lowest BCUT2D eigenvalue weighted by Crippen LogP contribution is -2.48. The van der Waals surface area contributed by atoms with E-state index < -0.39 is 5.41 Å². The summed E-state index contributed by atoms with van der Waals surface area (Å²) >= 11 is 0. The van der Waals surface area contributed by atoms with Gasteiger partial charge in [0, 0.05) is 26.2 Å². The summed E-state index contributed by atoms with van der Waals surface area (Å²) in [5, 5.41) is 0. The lowest BCUT2D eigenvalue weighted by Gasteiger charge is -2.30. The zero-order valence-electron chi connectivity index (χ0n) is 10.5. The normalized spacial score (nSPS) is 23.9. The van der Waals surface area contributed by atoms with Gasteiger partial charge in [-0.2, -0.15) is 0 Å². The van der Waals surface area contributed by atoms with E-state index in [0.29, 0.717) is 6.54 Å². The Morgan fingerprint density at radius 3 is 2.94 bits per heavy atom. The maximum atomic E-state index is 11.6. The highest BCUT2D eigenvalue weighted by Gasteiger charge is 2.30. The minimum Gasteiger partial charge on any atom is -0.377 e. The van der Waals surface area contributed by atoms with Crippen molar-refractivity contribution >= 4 is 5.91 Å². The molecule has 1 aliphatic rings. The van der Waals surface area contributed by atoms with Gasteiger partial charge in [-0.1, -0.05) is 0 Å². The van der Waals surface area contributed by atoms with Crippen molar-refractivity contribution in [2.24, 2.45) is 11.3 Å². The minimum atomic E-state index is -0.460. The summed E-state index contributed by atoms with van der Waals surface area (Å²) in [5.74, 6) is 5.06. The fourth-order valence-electron chi connectivity index (χ4n) is 2.05. The first-order chi connectivity index (χ1) is 7.45. The summed E-state index contributed by atoms with van der Waals surface area (Å²) in [6.07, 6.45) is 1.25. The number of carbonyl (C=O) groups excluding carboxylic acids is 1. The van der Waals surface area contributed by atoms with Crippen LogP contribution in [0.3, 0.4) is 0 Å². The van der Waals surface area contributed by atoms with Crippen molar-refractivity contribution in [1.29, 1.82) is 0 Å². The number of hydrogen-bond acceptors (Lipinski definition) is 4. The maximum absolute atomic E-state index is 11.6. The lowest BCUT2D eigenvalue weighted by molar-refractivity contribution is -0.130. The molecule has 0 aromatic carbocycles. The van der Waals surface area contributed by atoms with Gasteiger partial charge in [-0.3, -0.25) is 15.1 Å². The smallest absolute Gasteiger partial charge is 0.240 e. The predicted molar refractivity (Wildman–Crippen MR) is 62.6 cm³/mol. The van der Waals surface area contributed by atoms with Gasteiger partial charge in [-0.05, 0) is 27.2 Å². The highest BCUT2D eigenvalue weighted by Crippen LogP contribution is 2.18. The maximum Gasteiger partial charge on any atom is 0.240 e. The number of rotatable bonds is 3. The second kappa shape index (κ2) is 5.61. The van der Waals surface area contributed by atoms with Gasteiger partial charge >= 0.3 is 0 Å². The van der Waals surface area contributed by atoms with Crippen molar-refractivity contribution in [3.05, 3.63) is 0 Å². The molecule has 5 heteroatoms. The topological polar surface area (TPSA) is 67.6 Å². The molecule has 1 rings (SSSR count). The fourth-order valence-corrected chi connectivity index (χ4v) is 2.05. The average Bonchev–Trinajstić information content (AvgIpc) is 2.40. The van der Waals surface area contributed by atoms with Gasteiger partial charge in [0.05, 0.1) is 11.5 Å². The van der Waals surface area contributed by atoms with E-state index in [1.165, 1.54) is 0 Å². The molecule has 0 radical (unpaired) electrons. The Bertz CT molecular complexity index is 243. The number of hydrogen-bond donors (Lipinski definition) is 2. The Kier molecular flexibility index (Phi) is 4.70. The Morgan fingerprint density at radius 1 is 1.62 bits per heavy atom. The van der Waals surface area contributed by atoms with Crippen LogP contribution in [0.15, 0.2) is 0 Å². The van der Waals surface area contributed by atoms with Crippen LogP contribution in [0, 0.1) is 5.41 Å². The van der Waals surface area contributed by atoms with Crippen LogP contribution in [0.5, 0.6) is 0 Å². The highest BCUT2D eigenvalue weighted by atomic mass is 16.5. The summed E-state index contributed by atoms with van der Waals surface area (Å²) in [6, 6.07) is 0. The molecule has 16 heavy (non-hydrogen) atoms. The van der Waals surface area contributed by atoms with Crippen LogP contribution in [0.25, 0.3) is 0 Å². The number of nitrogens with one attached hydrogen (secondary N) is 1. The number of nitrogens with zero attached hydrogens (tertiary/aromatic N) is 1. The molecule has 1 amide bonds. The molecule has 3 N–H and O–H groups in total. The van der Waals surface area contributed by atoms with Crippen molar-refractivity contribution in [2.75, 3.05) is 26.2 Å². The number of nitrogens with two attached hydrogens (primary N) is 1. The largest absolute Gasteiger partial charge is 0.377 e. The van der Waals surface area contributed by atoms with Crippen LogP contribution in [0.4, 0.5) is 0 Å². The zero-order chi connectivity index (χ0) is 12.2. The van der Waals surface area contributed by atoms with E-state index in [0.717, 1.165) is 26.1 Å². The summed E-state index contributed by atoms with van der Waals surface area (Å²) < 4.78 is 5.57. The van der Waals surface area contributed by atoms with Crippen LogP contribution in [-0.2, 0) is 9.53 Å². The van der Waals surface area contributed by atoms with E-state index in [4.69, 9.17) is 10.6 Å². The van der Waals surface area contributed by atoms with E-state index in [2.05, 4.69) is 17.2 Å². The average molecular weight is 229 g/mol. The molecule has 0 saturated carbocycles. The molecule has 0 aromatic rings. The monoisotopic (exact) mass is 229 g/mol. The third-order valence-electron chi connectivity index (χ3n) is 2.90. The molecule has 1 unspecified atom stereocenters. The third kappa shape index (κ3) is 3.73. The van der Waals surface area contributed by atoms with Crippen LogP contribution < -0.4 is 11.3 Å². The Hall–Kier alpha value is -0.650. The van der Waals surface area contributed by atoms with Crippen molar-refractivity contribution in [1.82, 2.24) is 10.3 Å². The van der Waals surface area contributed by atoms with E-state index in [-0.39, 0.29) is 12.0 Å². The molecular weight excluding hydrogens is 206 g/mol. The van der Waals surface area contributed by atoms with Gasteiger partial charge in [0.1, 0.15) is 0 Å². The van der Waals surface area contributed by atoms with Crippen molar-refractivity contribution in [3.8, 4) is 0 Å². The van der Waals surface area contributed by atoms with Gasteiger partial charge in [-0.15, -0.1) is 0 Å². The number of hydrazine groups is 1. The second-order valence-corrected chi connectivity index (χ2v) is 5.13. The Balaban J connectivity index is 2.54. The second-order valence-electron chi connectivity index (χ2n) is 5.13. The van der Waals surface area contributed by atoms with E-state index in [1.54, 1.807) is 0 Å². The molecule has 1 aliphatic heterocycles. The minimum absolute atomic E-state index is 0.120. The van der Waals surface area contributed by atoms with Crippen LogP contribution in [0.1, 0.15) is 27.2 Å². The fraction of sp³-hybridized carbons (Fsp3) is 0.909. The predicted octanol–water partition coefficient (Wildman–Crippen LogP) is 0.113. The zero-order valence-corrected chi connectivity index (χ0v) is 10.5. The molecule has 1 atom stereocenters. The summed E-state index contributed by atoms with van der Waals surface area (Å²) in [6.45, 7) is 9.25. The Labute approximate surface area is 97.3 Å². The number of ether oxygens (including phenoxy) is 1. The molecule has 0 aromatic heterocycles. The first-order valence-electron chi connectivity index (χ1n) is 5.81. The van der Waals surface area contributed by atoms with Gasteiger partial charge in [0.25, 0.3) is 0 Å². The van der Waals surface area contributed by atoms with Gasteiger partial charge in [0.15, 0.2) is 0 Å². The first-order valence-corrected chi connectivity index (χ1v) is 5.81. The molecule has 0 aliphatic carbocycles. The van der Waals surface area contributed by atoms with Gasteiger partial charge in [-0.25, -0.2) is 5.84 Å². The van der Waals surface area contributed by atoms with Crippen molar-refractivity contribution < 1.29 is 9.53 Å². The molecule has 1 fully saturated rings. The Morgan fingerprint density at radius 2 is 2.31 bits per heavy atom. The lowest BCUT2D eigenvalue weighted by atomic mass is 9.91. The standard InChI is InChI=1S/C11H23N3O2/c1-9-7-14(5-4-6-16-9)8-11(2,3)10(15)13-12/h9H,4-8,12H2,1-3H3,(H,13,15). The molecular formula is C11H23N3O2. The number of carbonyl (C=O) groups is 1. The van der Waals surface area contributed by atoms with Crippen LogP contribution >= 0.6 is 0 Å². The summed E-state index contributed by atoms with van der Waals surface area (Å²) in [5.41, 5.74) is 1.77. The quantitative estimate of drug-likeness (QED) is 0.409. The van der Waals surface area contributed by atoms with Crippen molar-refractivity contribution in [2.45, 2.75) is 33.3 Å². The molecule has 5 nitrogen and oxygen atoms in total. The van der Waals surface area contributed by atoms with Gasteiger partial charge < -0.3 is 4.74 Å². The van der Waals surface area contributed by atoms with Crippen molar-refractivity contribution in [3.63, 3.8) is 0 Å². The van der Waals surface area contributed by atoms with E-state index in [1.807, 2.05) is 13.8 Å². The van der Waals surface area contributed by atoms with Crippen LogP contribution in [-0.4, -0.2) is 43.2 Å². The molecule has 94 valence electrons. The highest BCUT2D eigenvalue weighted by molar-refractivity contribution is 5.81. The SMILES string of the molecule is CC1CN(CC(C)(C)C(=O)NN)CCCO1. The molecule has 0 bridgehead atoms. The molecule has 1 heterocycles. The summed E-state index contributed by atoms with van der Waals surface area (Å²) in [7, 11) is 0. The number of amides is 1. The summed E-state index contributed by atoms with van der Waals surface area (Å²) in [4.78, 5) is 13.9.